The predicted molar refractivity (Wildman–Crippen MR) is 81.6 cm³/mol. The van der Waals surface area contributed by atoms with Crippen molar-refractivity contribution in [3.63, 3.8) is 0 Å². The number of hydrogen-bond donors (Lipinski definition) is 3. The van der Waals surface area contributed by atoms with Crippen LogP contribution in [0.4, 0.5) is 0 Å². The summed E-state index contributed by atoms with van der Waals surface area (Å²) in [5.41, 5.74) is 3.96. The third-order valence-corrected chi connectivity index (χ3v) is 4.03. The molecule has 0 fully saturated rings. The second-order valence-electron chi connectivity index (χ2n) is 4.93. The molecule has 0 saturated carbocycles. The molecule has 0 unspecified atom stereocenters. The first-order valence-corrected chi connectivity index (χ1v) is 8.15. The maximum absolute atomic E-state index is 11.7. The average Bonchev–Trinajstić information content (AvgIpc) is 2.90. The number of nitrogens with one attached hydrogen (secondary N) is 2. The van der Waals surface area contributed by atoms with Crippen LogP contribution in [-0.2, 0) is 12.2 Å². The SMILES string of the molecule is Cc1[nH]c(=O)[nH]c(=O)c1CSc1nnc(CCCCC[NH3+])o1. The molecule has 0 amide bonds. The Morgan fingerprint density at radius 2 is 2.00 bits per heavy atom. The van der Waals surface area contributed by atoms with Crippen molar-refractivity contribution >= 4 is 11.8 Å². The van der Waals surface area contributed by atoms with Gasteiger partial charge in [0.2, 0.25) is 5.89 Å². The van der Waals surface area contributed by atoms with Crippen LogP contribution in [-0.4, -0.2) is 26.7 Å². The van der Waals surface area contributed by atoms with Gasteiger partial charge in [0.25, 0.3) is 10.8 Å². The normalized spacial score (nSPS) is 11.0. The van der Waals surface area contributed by atoms with E-state index in [4.69, 9.17) is 4.42 Å². The number of nitrogens with zero attached hydrogens (tertiary/aromatic N) is 2. The van der Waals surface area contributed by atoms with E-state index in [1.54, 1.807) is 6.92 Å². The first-order chi connectivity index (χ1) is 10.6. The number of H-pyrrole nitrogens is 2. The van der Waals surface area contributed by atoms with Gasteiger partial charge >= 0.3 is 5.69 Å². The van der Waals surface area contributed by atoms with Crippen molar-refractivity contribution in [3.8, 4) is 0 Å². The highest BCUT2D eigenvalue weighted by Crippen LogP contribution is 2.21. The first-order valence-electron chi connectivity index (χ1n) is 7.16. The van der Waals surface area contributed by atoms with Gasteiger partial charge in [0, 0.05) is 23.4 Å². The van der Waals surface area contributed by atoms with Gasteiger partial charge in [-0.1, -0.05) is 11.8 Å². The number of hydrogen-bond acceptors (Lipinski definition) is 6. The quantitative estimate of drug-likeness (QED) is 0.462. The van der Waals surface area contributed by atoms with E-state index in [0.29, 0.717) is 28.1 Å². The fourth-order valence-electron chi connectivity index (χ4n) is 1.96. The van der Waals surface area contributed by atoms with E-state index < -0.39 is 5.69 Å². The number of aryl methyl sites for hydroxylation is 2. The maximum Gasteiger partial charge on any atom is 0.325 e. The molecule has 0 aliphatic rings. The Labute approximate surface area is 130 Å². The molecule has 0 aromatic carbocycles. The highest BCUT2D eigenvalue weighted by molar-refractivity contribution is 7.98. The van der Waals surface area contributed by atoms with Crippen molar-refractivity contribution in [2.24, 2.45) is 0 Å². The molecule has 2 aromatic rings. The number of quaternary nitrogens is 1. The lowest BCUT2D eigenvalue weighted by Gasteiger charge is -2.01. The van der Waals surface area contributed by atoms with Gasteiger partial charge in [-0.2, -0.15) is 0 Å². The summed E-state index contributed by atoms with van der Waals surface area (Å²) in [6.07, 6.45) is 3.96. The number of thioether (sulfide) groups is 1. The Hall–Kier alpha value is -1.87. The summed E-state index contributed by atoms with van der Waals surface area (Å²) >= 11 is 1.28. The second-order valence-corrected chi connectivity index (χ2v) is 5.85. The van der Waals surface area contributed by atoms with Gasteiger partial charge in [0.15, 0.2) is 0 Å². The van der Waals surface area contributed by atoms with Gasteiger partial charge in [0.1, 0.15) is 0 Å². The molecule has 120 valence electrons. The number of aromatic nitrogens is 4. The van der Waals surface area contributed by atoms with Gasteiger partial charge in [-0.25, -0.2) is 4.79 Å². The molecular formula is C13H20N5O3S+. The molecule has 22 heavy (non-hydrogen) atoms. The lowest BCUT2D eigenvalue weighted by Crippen LogP contribution is -2.50. The van der Waals surface area contributed by atoms with Gasteiger partial charge < -0.3 is 15.1 Å². The van der Waals surface area contributed by atoms with Gasteiger partial charge in [-0.15, -0.1) is 10.2 Å². The van der Waals surface area contributed by atoms with Gasteiger partial charge in [0.05, 0.1) is 6.54 Å². The fourth-order valence-corrected chi connectivity index (χ4v) is 2.83. The van der Waals surface area contributed by atoms with E-state index in [1.165, 1.54) is 11.8 Å². The largest absolute Gasteiger partial charge is 0.416 e. The van der Waals surface area contributed by atoms with Crippen LogP contribution in [0.2, 0.25) is 0 Å². The summed E-state index contributed by atoms with van der Waals surface area (Å²) in [6, 6.07) is 0. The number of aromatic amines is 2. The van der Waals surface area contributed by atoms with E-state index in [2.05, 4.69) is 25.9 Å². The lowest BCUT2D eigenvalue weighted by atomic mass is 10.2. The van der Waals surface area contributed by atoms with E-state index in [0.717, 1.165) is 32.2 Å². The van der Waals surface area contributed by atoms with Crippen LogP contribution in [0, 0.1) is 6.92 Å². The fraction of sp³-hybridized carbons (Fsp3) is 0.538. The summed E-state index contributed by atoms with van der Waals surface area (Å²) in [4.78, 5) is 27.6. The molecule has 0 aliphatic heterocycles. The highest BCUT2D eigenvalue weighted by Gasteiger charge is 2.11. The van der Waals surface area contributed by atoms with Crippen molar-refractivity contribution in [3.05, 3.63) is 38.0 Å². The van der Waals surface area contributed by atoms with Gasteiger partial charge in [-0.05, 0) is 26.2 Å². The van der Waals surface area contributed by atoms with E-state index in [9.17, 15) is 9.59 Å². The van der Waals surface area contributed by atoms with Crippen LogP contribution < -0.4 is 17.0 Å². The third kappa shape index (κ3) is 4.57. The lowest BCUT2D eigenvalue weighted by molar-refractivity contribution is -0.368. The average molecular weight is 326 g/mol. The monoisotopic (exact) mass is 326 g/mol. The van der Waals surface area contributed by atoms with Crippen LogP contribution in [0.15, 0.2) is 19.2 Å². The van der Waals surface area contributed by atoms with Crippen LogP contribution in [0.25, 0.3) is 0 Å². The maximum atomic E-state index is 11.7. The summed E-state index contributed by atoms with van der Waals surface area (Å²) in [5.74, 6) is 0.972. The smallest absolute Gasteiger partial charge is 0.325 e. The summed E-state index contributed by atoms with van der Waals surface area (Å²) in [7, 11) is 0. The minimum atomic E-state index is -0.501. The second kappa shape index (κ2) is 7.95. The van der Waals surface area contributed by atoms with Crippen LogP contribution in [0.5, 0.6) is 0 Å². The predicted octanol–water partition coefficient (Wildman–Crippen LogP) is 0.00162. The van der Waals surface area contributed by atoms with Crippen LogP contribution in [0.3, 0.4) is 0 Å². The Kier molecular flexibility index (Phi) is 5.96. The number of rotatable bonds is 8. The summed E-state index contributed by atoms with van der Waals surface area (Å²) in [5, 5.41) is 8.37. The molecule has 0 bridgehead atoms. The van der Waals surface area contributed by atoms with Crippen molar-refractivity contribution < 1.29 is 10.2 Å². The molecule has 2 aromatic heterocycles. The zero-order valence-electron chi connectivity index (χ0n) is 12.5. The molecule has 0 aliphatic carbocycles. The van der Waals surface area contributed by atoms with E-state index in [-0.39, 0.29) is 5.56 Å². The standard InChI is InChI=1S/C13H19N5O3S/c1-8-9(11(19)16-12(20)15-8)7-22-13-18-17-10(21-13)5-3-2-4-6-14/h2-7,14H2,1H3,(H2,15,16,19,20)/p+1. The molecule has 2 heterocycles. The van der Waals surface area contributed by atoms with Crippen molar-refractivity contribution in [2.75, 3.05) is 6.54 Å². The Morgan fingerprint density at radius 1 is 1.18 bits per heavy atom. The Balaban J connectivity index is 1.91. The molecule has 0 radical (unpaired) electrons. The van der Waals surface area contributed by atoms with Crippen molar-refractivity contribution in [2.45, 2.75) is 43.6 Å². The minimum Gasteiger partial charge on any atom is -0.416 e. The summed E-state index contributed by atoms with van der Waals surface area (Å²) < 4.78 is 5.53. The zero-order chi connectivity index (χ0) is 15.9. The minimum absolute atomic E-state index is 0.362. The Morgan fingerprint density at radius 3 is 2.73 bits per heavy atom. The van der Waals surface area contributed by atoms with E-state index in [1.807, 2.05) is 0 Å². The first kappa shape index (κ1) is 16.5. The molecule has 8 nitrogen and oxygen atoms in total. The molecular weight excluding hydrogens is 306 g/mol. The molecule has 9 heteroatoms. The highest BCUT2D eigenvalue weighted by atomic mass is 32.2. The third-order valence-electron chi connectivity index (χ3n) is 3.18. The molecule has 0 saturated heterocycles. The molecule has 2 rings (SSSR count). The Bertz CT molecular complexity index is 721. The molecule has 0 atom stereocenters. The molecule has 0 spiro atoms. The van der Waals surface area contributed by atoms with Crippen molar-refractivity contribution in [1.29, 1.82) is 0 Å². The van der Waals surface area contributed by atoms with E-state index >= 15 is 0 Å². The summed E-state index contributed by atoms with van der Waals surface area (Å²) in [6.45, 7) is 2.63. The van der Waals surface area contributed by atoms with Gasteiger partial charge in [-0.3, -0.25) is 9.78 Å². The zero-order valence-corrected chi connectivity index (χ0v) is 13.3. The van der Waals surface area contributed by atoms with Crippen molar-refractivity contribution in [1.82, 2.24) is 20.2 Å². The topological polar surface area (TPSA) is 132 Å². The molecule has 5 N–H and O–H groups in total. The van der Waals surface area contributed by atoms with Crippen LogP contribution >= 0.6 is 11.8 Å². The number of unbranched alkanes of at least 4 members (excludes halogenated alkanes) is 2. The van der Waals surface area contributed by atoms with Crippen LogP contribution in [0.1, 0.15) is 36.4 Å².